The second-order valence-corrected chi connectivity index (χ2v) is 6.20. The molecular weight excluding hydrogens is 324 g/mol. The van der Waals surface area contributed by atoms with Crippen LogP contribution in [0.4, 0.5) is 4.39 Å². The molecule has 22 heavy (non-hydrogen) atoms. The highest BCUT2D eigenvalue weighted by Gasteiger charge is 2.15. The van der Waals surface area contributed by atoms with E-state index in [4.69, 9.17) is 23.2 Å². The van der Waals surface area contributed by atoms with Gasteiger partial charge < -0.3 is 4.90 Å². The Balaban J connectivity index is 2.11. The largest absolute Gasteiger partial charge is 0.305 e. The van der Waals surface area contributed by atoms with Crippen molar-refractivity contribution >= 4 is 34.1 Å². The Morgan fingerprint density at radius 3 is 2.68 bits per heavy atom. The summed E-state index contributed by atoms with van der Waals surface area (Å²) in [6.45, 7) is 0.541. The van der Waals surface area contributed by atoms with Gasteiger partial charge in [0, 0.05) is 29.3 Å². The number of aromatic nitrogens is 2. The van der Waals surface area contributed by atoms with Crippen LogP contribution in [0.15, 0.2) is 30.5 Å². The number of fused-ring (bicyclic) bond motifs is 1. The molecule has 0 saturated carbocycles. The maximum atomic E-state index is 14.3. The summed E-state index contributed by atoms with van der Waals surface area (Å²) in [6.07, 6.45) is 1.69. The number of rotatable bonds is 3. The van der Waals surface area contributed by atoms with Gasteiger partial charge in [-0.2, -0.15) is 5.10 Å². The fraction of sp³-hybridized carbons (Fsp3) is 0.188. The van der Waals surface area contributed by atoms with E-state index in [1.54, 1.807) is 18.3 Å². The van der Waals surface area contributed by atoms with Gasteiger partial charge in [0.05, 0.1) is 10.0 Å². The van der Waals surface area contributed by atoms with Gasteiger partial charge in [-0.3, -0.25) is 5.10 Å². The molecule has 0 spiro atoms. The molecule has 1 heterocycles. The van der Waals surface area contributed by atoms with Gasteiger partial charge in [-0.1, -0.05) is 35.3 Å². The lowest BCUT2D eigenvalue weighted by atomic mass is 10.0. The molecule has 3 rings (SSSR count). The van der Waals surface area contributed by atoms with Crippen LogP contribution in [0.1, 0.15) is 5.56 Å². The van der Waals surface area contributed by atoms with Crippen LogP contribution in [0.2, 0.25) is 10.0 Å². The van der Waals surface area contributed by atoms with Crippen molar-refractivity contribution < 1.29 is 4.39 Å². The summed E-state index contributed by atoms with van der Waals surface area (Å²) in [5, 5.41) is 8.58. The Bertz CT molecular complexity index is 843. The monoisotopic (exact) mass is 337 g/mol. The lowest BCUT2D eigenvalue weighted by molar-refractivity contribution is 0.392. The molecule has 0 radical (unpaired) electrons. The number of hydrogen-bond acceptors (Lipinski definition) is 2. The molecule has 0 amide bonds. The molecule has 1 N–H and O–H groups in total. The third kappa shape index (κ3) is 2.70. The predicted molar refractivity (Wildman–Crippen MR) is 88.9 cm³/mol. The van der Waals surface area contributed by atoms with E-state index in [2.05, 4.69) is 10.2 Å². The number of H-pyrrole nitrogens is 1. The van der Waals surface area contributed by atoms with Crippen molar-refractivity contribution in [2.45, 2.75) is 6.54 Å². The SMILES string of the molecule is CN(C)Cc1ccc(-c2cc(Cl)c3c[nH]nc3c2Cl)cc1F. The first kappa shape index (κ1) is 15.3. The first-order chi connectivity index (χ1) is 10.5. The highest BCUT2D eigenvalue weighted by Crippen LogP contribution is 2.37. The van der Waals surface area contributed by atoms with E-state index in [0.717, 1.165) is 5.39 Å². The topological polar surface area (TPSA) is 31.9 Å². The quantitative estimate of drug-likeness (QED) is 0.748. The van der Waals surface area contributed by atoms with Gasteiger partial charge in [-0.25, -0.2) is 4.39 Å². The molecule has 0 fully saturated rings. The third-order valence-electron chi connectivity index (χ3n) is 3.46. The second-order valence-electron chi connectivity index (χ2n) is 5.41. The maximum absolute atomic E-state index is 14.3. The van der Waals surface area contributed by atoms with Gasteiger partial charge >= 0.3 is 0 Å². The van der Waals surface area contributed by atoms with Gasteiger partial charge in [-0.15, -0.1) is 0 Å². The summed E-state index contributed by atoms with van der Waals surface area (Å²) < 4.78 is 14.3. The van der Waals surface area contributed by atoms with Crippen molar-refractivity contribution in [3.8, 4) is 11.1 Å². The lowest BCUT2D eigenvalue weighted by Crippen LogP contribution is -2.11. The molecular formula is C16H14Cl2FN3. The Hall–Kier alpha value is -1.62. The molecule has 0 aliphatic rings. The number of aromatic amines is 1. The van der Waals surface area contributed by atoms with E-state index in [1.807, 2.05) is 25.1 Å². The first-order valence-electron chi connectivity index (χ1n) is 6.72. The van der Waals surface area contributed by atoms with Gasteiger partial charge in [0.1, 0.15) is 11.3 Å². The molecule has 0 saturated heterocycles. The van der Waals surface area contributed by atoms with Gasteiger partial charge in [0.2, 0.25) is 0 Å². The summed E-state index contributed by atoms with van der Waals surface area (Å²) in [5.41, 5.74) is 2.57. The Morgan fingerprint density at radius 2 is 2.00 bits per heavy atom. The van der Waals surface area contributed by atoms with Crippen LogP contribution in [-0.2, 0) is 6.54 Å². The molecule has 3 aromatic rings. The van der Waals surface area contributed by atoms with E-state index in [9.17, 15) is 4.39 Å². The van der Waals surface area contributed by atoms with Crippen LogP contribution in [0.3, 0.4) is 0 Å². The maximum Gasteiger partial charge on any atom is 0.128 e. The minimum atomic E-state index is -0.263. The zero-order valence-corrected chi connectivity index (χ0v) is 13.6. The summed E-state index contributed by atoms with van der Waals surface area (Å²) in [4.78, 5) is 1.91. The van der Waals surface area contributed by atoms with Crippen molar-refractivity contribution in [1.29, 1.82) is 0 Å². The molecule has 0 unspecified atom stereocenters. The number of benzene rings is 2. The van der Waals surface area contributed by atoms with Crippen molar-refractivity contribution in [1.82, 2.24) is 15.1 Å². The fourth-order valence-corrected chi connectivity index (χ4v) is 2.99. The molecule has 3 nitrogen and oxygen atoms in total. The minimum Gasteiger partial charge on any atom is -0.305 e. The fourth-order valence-electron chi connectivity index (χ4n) is 2.43. The molecule has 0 atom stereocenters. The van der Waals surface area contributed by atoms with Crippen molar-refractivity contribution in [2.75, 3.05) is 14.1 Å². The summed E-state index contributed by atoms with van der Waals surface area (Å²) in [6, 6.07) is 6.83. The molecule has 0 aliphatic carbocycles. The molecule has 0 bridgehead atoms. The first-order valence-corrected chi connectivity index (χ1v) is 7.48. The van der Waals surface area contributed by atoms with Crippen LogP contribution in [0.5, 0.6) is 0 Å². The zero-order valence-electron chi connectivity index (χ0n) is 12.1. The minimum absolute atomic E-state index is 0.263. The van der Waals surface area contributed by atoms with Crippen LogP contribution in [-0.4, -0.2) is 29.2 Å². The molecule has 6 heteroatoms. The van der Waals surface area contributed by atoms with E-state index in [1.165, 1.54) is 6.07 Å². The number of hydrogen-bond donors (Lipinski definition) is 1. The summed E-state index contributed by atoms with van der Waals surface area (Å²) >= 11 is 12.6. The van der Waals surface area contributed by atoms with Gasteiger partial charge in [0.15, 0.2) is 0 Å². The normalized spacial score (nSPS) is 11.5. The standard InChI is InChI=1S/C16H14Cl2FN3/c1-22(2)8-10-4-3-9(5-14(10)19)11-6-13(17)12-7-20-21-16(12)15(11)18/h3-7H,8H2,1-2H3,(H,20,21). The number of nitrogens with zero attached hydrogens (tertiary/aromatic N) is 2. The van der Waals surface area contributed by atoms with Crippen molar-refractivity contribution in [2.24, 2.45) is 0 Å². The van der Waals surface area contributed by atoms with E-state index >= 15 is 0 Å². The number of halogens is 3. The van der Waals surface area contributed by atoms with E-state index in [-0.39, 0.29) is 5.82 Å². The van der Waals surface area contributed by atoms with Gasteiger partial charge in [0.25, 0.3) is 0 Å². The average molecular weight is 338 g/mol. The predicted octanol–water partition coefficient (Wildman–Crippen LogP) is 4.74. The van der Waals surface area contributed by atoms with Crippen molar-refractivity contribution in [3.05, 3.63) is 51.9 Å². The van der Waals surface area contributed by atoms with Crippen LogP contribution in [0, 0.1) is 5.82 Å². The lowest BCUT2D eigenvalue weighted by Gasteiger charge is -2.12. The smallest absolute Gasteiger partial charge is 0.128 e. The van der Waals surface area contributed by atoms with E-state index in [0.29, 0.717) is 38.8 Å². The summed E-state index contributed by atoms with van der Waals surface area (Å²) in [7, 11) is 3.80. The summed E-state index contributed by atoms with van der Waals surface area (Å²) in [5.74, 6) is -0.263. The van der Waals surface area contributed by atoms with Crippen LogP contribution >= 0.6 is 23.2 Å². The molecule has 0 aliphatic heterocycles. The Labute approximate surface area is 137 Å². The molecule has 114 valence electrons. The Morgan fingerprint density at radius 1 is 1.23 bits per heavy atom. The third-order valence-corrected chi connectivity index (χ3v) is 4.16. The average Bonchev–Trinajstić information content (AvgIpc) is 2.95. The zero-order chi connectivity index (χ0) is 15.9. The van der Waals surface area contributed by atoms with Crippen LogP contribution < -0.4 is 0 Å². The van der Waals surface area contributed by atoms with Crippen LogP contribution in [0.25, 0.3) is 22.0 Å². The molecule has 2 aromatic carbocycles. The second kappa shape index (κ2) is 5.88. The number of nitrogens with one attached hydrogen (secondary N) is 1. The highest BCUT2D eigenvalue weighted by molar-refractivity contribution is 6.42. The molecule has 1 aromatic heterocycles. The van der Waals surface area contributed by atoms with E-state index < -0.39 is 0 Å². The van der Waals surface area contributed by atoms with Crippen molar-refractivity contribution in [3.63, 3.8) is 0 Å². The van der Waals surface area contributed by atoms with Gasteiger partial charge in [-0.05, 0) is 31.8 Å². The Kier molecular flexibility index (Phi) is 4.08. The highest BCUT2D eigenvalue weighted by atomic mass is 35.5.